The lowest BCUT2D eigenvalue weighted by Gasteiger charge is -2.18. The number of carbonyl (C=O) groups excluding carboxylic acids is 1. The molecule has 0 spiro atoms. The van der Waals surface area contributed by atoms with Gasteiger partial charge in [0.15, 0.2) is 0 Å². The summed E-state index contributed by atoms with van der Waals surface area (Å²) in [4.78, 5) is 22.3. The molecule has 0 fully saturated rings. The first kappa shape index (κ1) is 17.2. The highest BCUT2D eigenvalue weighted by atomic mass is 35.5. The van der Waals surface area contributed by atoms with Crippen molar-refractivity contribution >= 4 is 23.5 Å². The van der Waals surface area contributed by atoms with E-state index in [0.29, 0.717) is 31.1 Å². The number of amides is 1. The Balaban J connectivity index is 1.89. The van der Waals surface area contributed by atoms with Crippen LogP contribution in [0.4, 0.5) is 5.95 Å². The van der Waals surface area contributed by atoms with Crippen molar-refractivity contribution in [2.75, 3.05) is 25.0 Å². The molecule has 23 heavy (non-hydrogen) atoms. The predicted octanol–water partition coefficient (Wildman–Crippen LogP) is 3.27. The number of hydrogen-bond donors (Lipinski definition) is 1. The SMILES string of the molecule is CCN(CC)C(=O)c1cnc(NCCc2cccc(Cl)c2)nc1. The molecule has 0 saturated carbocycles. The van der Waals surface area contributed by atoms with E-state index >= 15 is 0 Å². The zero-order chi connectivity index (χ0) is 16.7. The minimum atomic E-state index is -0.0412. The Morgan fingerprint density at radius 2 is 1.91 bits per heavy atom. The fourth-order valence-electron chi connectivity index (χ4n) is 2.23. The number of rotatable bonds is 7. The fourth-order valence-corrected chi connectivity index (χ4v) is 2.45. The van der Waals surface area contributed by atoms with Crippen molar-refractivity contribution in [1.82, 2.24) is 14.9 Å². The van der Waals surface area contributed by atoms with Crippen molar-refractivity contribution in [3.63, 3.8) is 0 Å². The average Bonchev–Trinajstić information content (AvgIpc) is 2.56. The second kappa shape index (κ2) is 8.48. The highest BCUT2D eigenvalue weighted by molar-refractivity contribution is 6.30. The summed E-state index contributed by atoms with van der Waals surface area (Å²) in [6.07, 6.45) is 3.95. The molecular formula is C17H21ClN4O. The van der Waals surface area contributed by atoms with Gasteiger partial charge in [0.05, 0.1) is 5.56 Å². The molecule has 0 saturated heterocycles. The third kappa shape index (κ3) is 4.93. The van der Waals surface area contributed by atoms with Crippen LogP contribution in [-0.2, 0) is 6.42 Å². The lowest BCUT2D eigenvalue weighted by atomic mass is 10.1. The maximum atomic E-state index is 12.2. The molecule has 1 amide bonds. The molecular weight excluding hydrogens is 312 g/mol. The van der Waals surface area contributed by atoms with Gasteiger partial charge in [-0.05, 0) is 38.0 Å². The van der Waals surface area contributed by atoms with E-state index in [2.05, 4.69) is 15.3 Å². The van der Waals surface area contributed by atoms with E-state index < -0.39 is 0 Å². The van der Waals surface area contributed by atoms with E-state index in [1.165, 1.54) is 0 Å². The Morgan fingerprint density at radius 1 is 1.22 bits per heavy atom. The highest BCUT2D eigenvalue weighted by Gasteiger charge is 2.13. The summed E-state index contributed by atoms with van der Waals surface area (Å²) in [5, 5.41) is 3.88. The summed E-state index contributed by atoms with van der Waals surface area (Å²) < 4.78 is 0. The second-order valence-corrected chi connectivity index (χ2v) is 5.52. The molecule has 2 aromatic rings. The topological polar surface area (TPSA) is 58.1 Å². The first-order valence-corrected chi connectivity index (χ1v) is 8.11. The molecule has 1 N–H and O–H groups in total. The number of benzene rings is 1. The van der Waals surface area contributed by atoms with E-state index in [1.807, 2.05) is 38.1 Å². The van der Waals surface area contributed by atoms with E-state index in [1.54, 1.807) is 17.3 Å². The van der Waals surface area contributed by atoms with E-state index in [-0.39, 0.29) is 5.91 Å². The molecule has 6 heteroatoms. The van der Waals surface area contributed by atoms with Crippen LogP contribution < -0.4 is 5.32 Å². The number of anilines is 1. The van der Waals surface area contributed by atoms with Crippen molar-refractivity contribution in [3.05, 3.63) is 52.8 Å². The zero-order valence-electron chi connectivity index (χ0n) is 13.4. The van der Waals surface area contributed by atoms with Crippen LogP contribution in [0.1, 0.15) is 29.8 Å². The Bertz CT molecular complexity index is 641. The van der Waals surface area contributed by atoms with Crippen LogP contribution in [0.3, 0.4) is 0 Å². The predicted molar refractivity (Wildman–Crippen MR) is 92.9 cm³/mol. The summed E-state index contributed by atoms with van der Waals surface area (Å²) in [6.45, 7) is 5.95. The number of aromatic nitrogens is 2. The van der Waals surface area contributed by atoms with Crippen molar-refractivity contribution in [3.8, 4) is 0 Å². The smallest absolute Gasteiger partial charge is 0.256 e. The Morgan fingerprint density at radius 3 is 2.52 bits per heavy atom. The van der Waals surface area contributed by atoms with Gasteiger partial charge in [0.1, 0.15) is 0 Å². The third-order valence-electron chi connectivity index (χ3n) is 3.54. The lowest BCUT2D eigenvalue weighted by Crippen LogP contribution is -2.30. The summed E-state index contributed by atoms with van der Waals surface area (Å²) in [5.41, 5.74) is 1.66. The molecule has 5 nitrogen and oxygen atoms in total. The molecule has 0 unspecified atom stereocenters. The first-order chi connectivity index (χ1) is 11.1. The Labute approximate surface area is 141 Å². The molecule has 0 aliphatic rings. The summed E-state index contributed by atoms with van der Waals surface area (Å²) >= 11 is 5.96. The molecule has 0 bridgehead atoms. The van der Waals surface area contributed by atoms with Crippen molar-refractivity contribution < 1.29 is 4.79 Å². The molecule has 1 aromatic heterocycles. The van der Waals surface area contributed by atoms with Crippen LogP contribution in [0.25, 0.3) is 0 Å². The van der Waals surface area contributed by atoms with E-state index in [4.69, 9.17) is 11.6 Å². The molecule has 0 radical (unpaired) electrons. The van der Waals surface area contributed by atoms with Gasteiger partial charge in [-0.25, -0.2) is 9.97 Å². The van der Waals surface area contributed by atoms with E-state index in [0.717, 1.165) is 17.0 Å². The minimum absolute atomic E-state index is 0.0412. The quantitative estimate of drug-likeness (QED) is 0.845. The molecule has 0 aliphatic heterocycles. The third-order valence-corrected chi connectivity index (χ3v) is 3.77. The van der Waals surface area contributed by atoms with Crippen LogP contribution >= 0.6 is 11.6 Å². The Hall–Kier alpha value is -2.14. The van der Waals surface area contributed by atoms with Gasteiger partial charge in [-0.1, -0.05) is 23.7 Å². The van der Waals surface area contributed by atoms with Crippen LogP contribution in [0, 0.1) is 0 Å². The van der Waals surface area contributed by atoms with Gasteiger partial charge in [-0.15, -0.1) is 0 Å². The number of nitrogens with zero attached hydrogens (tertiary/aromatic N) is 3. The van der Waals surface area contributed by atoms with Crippen LogP contribution in [0.5, 0.6) is 0 Å². The monoisotopic (exact) mass is 332 g/mol. The zero-order valence-corrected chi connectivity index (χ0v) is 14.2. The minimum Gasteiger partial charge on any atom is -0.354 e. The summed E-state index contributed by atoms with van der Waals surface area (Å²) in [7, 11) is 0. The summed E-state index contributed by atoms with van der Waals surface area (Å²) in [5.74, 6) is 0.476. The van der Waals surface area contributed by atoms with Gasteiger partial charge in [0, 0.05) is 37.1 Å². The number of nitrogens with one attached hydrogen (secondary N) is 1. The van der Waals surface area contributed by atoms with Crippen LogP contribution in [0.2, 0.25) is 5.02 Å². The number of hydrogen-bond acceptors (Lipinski definition) is 4. The number of carbonyl (C=O) groups is 1. The van der Waals surface area contributed by atoms with Crippen LogP contribution in [0.15, 0.2) is 36.7 Å². The molecule has 1 aromatic carbocycles. The van der Waals surface area contributed by atoms with Crippen molar-refractivity contribution in [2.24, 2.45) is 0 Å². The lowest BCUT2D eigenvalue weighted by molar-refractivity contribution is 0.0772. The fraction of sp³-hybridized carbons (Fsp3) is 0.353. The van der Waals surface area contributed by atoms with Gasteiger partial charge < -0.3 is 10.2 Å². The Kier molecular flexibility index (Phi) is 6.35. The molecule has 122 valence electrons. The highest BCUT2D eigenvalue weighted by Crippen LogP contribution is 2.11. The maximum absolute atomic E-state index is 12.2. The van der Waals surface area contributed by atoms with Gasteiger partial charge in [0.25, 0.3) is 5.91 Å². The standard InChI is InChI=1S/C17H21ClN4O/c1-3-22(4-2)16(23)14-11-20-17(21-12-14)19-9-8-13-6-5-7-15(18)10-13/h5-7,10-12H,3-4,8-9H2,1-2H3,(H,19,20,21). The van der Waals surface area contributed by atoms with Crippen molar-refractivity contribution in [1.29, 1.82) is 0 Å². The number of halogens is 1. The van der Waals surface area contributed by atoms with Gasteiger partial charge in [0.2, 0.25) is 5.95 Å². The molecule has 2 rings (SSSR count). The van der Waals surface area contributed by atoms with Crippen LogP contribution in [-0.4, -0.2) is 40.4 Å². The molecule has 1 heterocycles. The largest absolute Gasteiger partial charge is 0.354 e. The van der Waals surface area contributed by atoms with Gasteiger partial charge in [-0.3, -0.25) is 4.79 Å². The molecule has 0 aliphatic carbocycles. The maximum Gasteiger partial charge on any atom is 0.256 e. The van der Waals surface area contributed by atoms with Crippen molar-refractivity contribution in [2.45, 2.75) is 20.3 Å². The normalized spacial score (nSPS) is 10.4. The molecule has 0 atom stereocenters. The van der Waals surface area contributed by atoms with Gasteiger partial charge >= 0.3 is 0 Å². The average molecular weight is 333 g/mol. The van der Waals surface area contributed by atoms with Gasteiger partial charge in [-0.2, -0.15) is 0 Å². The summed E-state index contributed by atoms with van der Waals surface area (Å²) in [6, 6.07) is 7.76. The second-order valence-electron chi connectivity index (χ2n) is 5.08. The first-order valence-electron chi connectivity index (χ1n) is 7.73. The van der Waals surface area contributed by atoms with E-state index in [9.17, 15) is 4.79 Å².